The second-order valence-corrected chi connectivity index (χ2v) is 4.56. The molecule has 0 fully saturated rings. The molecule has 0 radical (unpaired) electrons. The zero-order valence-corrected chi connectivity index (χ0v) is 10.5. The van der Waals surface area contributed by atoms with Gasteiger partial charge in [0.1, 0.15) is 11.6 Å². The summed E-state index contributed by atoms with van der Waals surface area (Å²) in [7, 11) is 0. The second-order valence-electron chi connectivity index (χ2n) is 3.64. The van der Waals surface area contributed by atoms with Crippen LogP contribution in [0.4, 0.5) is 10.1 Å². The number of hydrogen-bond acceptors (Lipinski definition) is 2. The van der Waals surface area contributed by atoms with Crippen molar-refractivity contribution in [3.8, 4) is 5.75 Å². The summed E-state index contributed by atoms with van der Waals surface area (Å²) in [5, 5.41) is 12.1. The van der Waals surface area contributed by atoms with Crippen molar-refractivity contribution in [3.05, 3.63) is 58.3 Å². The molecule has 0 heterocycles. The molecule has 0 aliphatic carbocycles. The number of rotatable bonds is 3. The van der Waals surface area contributed by atoms with Crippen molar-refractivity contribution in [2.24, 2.45) is 0 Å². The Hall–Kier alpha value is -1.55. The molecule has 17 heavy (non-hydrogen) atoms. The summed E-state index contributed by atoms with van der Waals surface area (Å²) in [6.07, 6.45) is 0. The Morgan fingerprint density at radius 2 is 1.82 bits per heavy atom. The normalized spacial score (nSPS) is 10.2. The molecule has 0 saturated heterocycles. The van der Waals surface area contributed by atoms with Gasteiger partial charge >= 0.3 is 0 Å². The molecule has 0 spiro atoms. The van der Waals surface area contributed by atoms with Crippen LogP contribution in [-0.2, 0) is 6.54 Å². The summed E-state index contributed by atoms with van der Waals surface area (Å²) in [6.45, 7) is 0.513. The quantitative estimate of drug-likeness (QED) is 0.900. The van der Waals surface area contributed by atoms with Gasteiger partial charge in [0.25, 0.3) is 0 Å². The number of halogens is 2. The third-order valence-corrected chi connectivity index (χ3v) is 2.84. The third-order valence-electron chi connectivity index (χ3n) is 2.35. The fourth-order valence-corrected chi connectivity index (χ4v) is 1.78. The van der Waals surface area contributed by atoms with Crippen LogP contribution in [-0.4, -0.2) is 5.11 Å². The lowest BCUT2D eigenvalue weighted by Crippen LogP contribution is -2.01. The number of hydrogen-bond donors (Lipinski definition) is 2. The van der Waals surface area contributed by atoms with Crippen LogP contribution in [0.2, 0.25) is 0 Å². The van der Waals surface area contributed by atoms with Gasteiger partial charge in [-0.15, -0.1) is 0 Å². The summed E-state index contributed by atoms with van der Waals surface area (Å²) < 4.78 is 14.2. The Bertz CT molecular complexity index is 513. The first-order valence-corrected chi connectivity index (χ1v) is 5.91. The fraction of sp³-hybridized carbons (Fsp3) is 0.0769. The third kappa shape index (κ3) is 3.20. The van der Waals surface area contributed by atoms with Crippen LogP contribution in [0, 0.1) is 5.82 Å². The summed E-state index contributed by atoms with van der Waals surface area (Å²) in [5.41, 5.74) is 1.44. The van der Waals surface area contributed by atoms with E-state index in [9.17, 15) is 4.39 Å². The average molecular weight is 296 g/mol. The average Bonchev–Trinajstić information content (AvgIpc) is 2.30. The number of aromatic hydroxyl groups is 1. The first kappa shape index (κ1) is 11.9. The molecule has 4 heteroatoms. The van der Waals surface area contributed by atoms with Crippen LogP contribution >= 0.6 is 15.9 Å². The second kappa shape index (κ2) is 5.19. The highest BCUT2D eigenvalue weighted by atomic mass is 79.9. The molecule has 2 aromatic carbocycles. The Morgan fingerprint density at radius 3 is 2.47 bits per heavy atom. The van der Waals surface area contributed by atoms with Crippen molar-refractivity contribution >= 4 is 21.6 Å². The van der Waals surface area contributed by atoms with E-state index < -0.39 is 0 Å². The first-order valence-electron chi connectivity index (χ1n) is 5.12. The molecule has 2 rings (SSSR count). The van der Waals surface area contributed by atoms with Gasteiger partial charge in [0, 0.05) is 11.0 Å². The maximum Gasteiger partial charge on any atom is 0.147 e. The highest BCUT2D eigenvalue weighted by molar-refractivity contribution is 9.10. The largest absolute Gasteiger partial charge is 0.508 e. The standard InChI is InChI=1S/C13H11BrFNO/c14-10-3-6-13(12(15)7-10)16-8-9-1-4-11(17)5-2-9/h1-7,16-17H,8H2. The summed E-state index contributed by atoms with van der Waals surface area (Å²) in [5.74, 6) is -0.0678. The number of phenolic OH excluding ortho intramolecular Hbond substituents is 1. The van der Waals surface area contributed by atoms with Gasteiger partial charge in [-0.2, -0.15) is 0 Å². The Kier molecular flexibility index (Phi) is 3.64. The lowest BCUT2D eigenvalue weighted by molar-refractivity contribution is 0.475. The van der Waals surface area contributed by atoms with Gasteiger partial charge in [0.15, 0.2) is 0 Å². The molecule has 2 N–H and O–H groups in total. The zero-order valence-electron chi connectivity index (χ0n) is 8.95. The SMILES string of the molecule is Oc1ccc(CNc2ccc(Br)cc2F)cc1. The summed E-state index contributed by atoms with van der Waals surface area (Å²) in [6, 6.07) is 11.7. The molecular formula is C13H11BrFNO. The van der Waals surface area contributed by atoms with Crippen molar-refractivity contribution in [3.63, 3.8) is 0 Å². The predicted octanol–water partition coefficient (Wildman–Crippen LogP) is 3.91. The van der Waals surface area contributed by atoms with E-state index in [0.29, 0.717) is 16.7 Å². The van der Waals surface area contributed by atoms with Gasteiger partial charge in [-0.25, -0.2) is 4.39 Å². The number of anilines is 1. The van der Waals surface area contributed by atoms with Crippen LogP contribution in [0.25, 0.3) is 0 Å². The molecule has 0 aliphatic rings. The van der Waals surface area contributed by atoms with Crippen LogP contribution in [0.5, 0.6) is 5.75 Å². The van der Waals surface area contributed by atoms with Crippen molar-refractivity contribution in [2.45, 2.75) is 6.54 Å². The van der Waals surface area contributed by atoms with E-state index in [4.69, 9.17) is 5.11 Å². The highest BCUT2D eigenvalue weighted by Gasteiger charge is 2.02. The Labute approximate surface area is 107 Å². The number of benzene rings is 2. The van der Waals surface area contributed by atoms with E-state index in [1.807, 2.05) is 0 Å². The molecule has 0 bridgehead atoms. The summed E-state index contributed by atoms with van der Waals surface area (Å²) >= 11 is 3.20. The minimum Gasteiger partial charge on any atom is -0.508 e. The van der Waals surface area contributed by atoms with Crippen molar-refractivity contribution in [2.75, 3.05) is 5.32 Å². The number of phenols is 1. The van der Waals surface area contributed by atoms with Gasteiger partial charge in [-0.1, -0.05) is 28.1 Å². The minimum atomic E-state index is -0.293. The summed E-state index contributed by atoms with van der Waals surface area (Å²) in [4.78, 5) is 0. The van der Waals surface area contributed by atoms with Gasteiger partial charge < -0.3 is 10.4 Å². The predicted molar refractivity (Wildman–Crippen MR) is 69.5 cm³/mol. The molecule has 0 unspecified atom stereocenters. The lowest BCUT2D eigenvalue weighted by atomic mass is 10.2. The topological polar surface area (TPSA) is 32.3 Å². The first-order chi connectivity index (χ1) is 8.15. The molecule has 2 nitrogen and oxygen atoms in total. The van der Waals surface area contributed by atoms with Gasteiger partial charge in [-0.3, -0.25) is 0 Å². The minimum absolute atomic E-state index is 0.226. The molecule has 88 valence electrons. The monoisotopic (exact) mass is 295 g/mol. The van der Waals surface area contributed by atoms with Crippen molar-refractivity contribution in [1.82, 2.24) is 0 Å². The van der Waals surface area contributed by atoms with Crippen molar-refractivity contribution < 1.29 is 9.50 Å². The van der Waals surface area contributed by atoms with Gasteiger partial charge in [-0.05, 0) is 35.9 Å². The maximum atomic E-state index is 13.5. The van der Waals surface area contributed by atoms with Crippen LogP contribution < -0.4 is 5.32 Å². The molecule has 0 amide bonds. The van der Waals surface area contributed by atoms with E-state index in [1.54, 1.807) is 36.4 Å². The van der Waals surface area contributed by atoms with E-state index in [0.717, 1.165) is 5.56 Å². The van der Waals surface area contributed by atoms with E-state index in [2.05, 4.69) is 21.2 Å². The van der Waals surface area contributed by atoms with Gasteiger partial charge in [0.2, 0.25) is 0 Å². The van der Waals surface area contributed by atoms with Crippen molar-refractivity contribution in [1.29, 1.82) is 0 Å². The van der Waals surface area contributed by atoms with Crippen LogP contribution in [0.3, 0.4) is 0 Å². The lowest BCUT2D eigenvalue weighted by Gasteiger charge is -2.08. The molecule has 0 atom stereocenters. The van der Waals surface area contributed by atoms with E-state index >= 15 is 0 Å². The molecular weight excluding hydrogens is 285 g/mol. The number of nitrogens with one attached hydrogen (secondary N) is 1. The van der Waals surface area contributed by atoms with E-state index in [1.165, 1.54) is 6.07 Å². The Morgan fingerprint density at radius 1 is 1.12 bits per heavy atom. The molecule has 0 saturated carbocycles. The van der Waals surface area contributed by atoms with E-state index in [-0.39, 0.29) is 11.6 Å². The fourth-order valence-electron chi connectivity index (χ4n) is 1.44. The van der Waals surface area contributed by atoms with Crippen LogP contribution in [0.1, 0.15) is 5.56 Å². The maximum absolute atomic E-state index is 13.5. The highest BCUT2D eigenvalue weighted by Crippen LogP contribution is 2.20. The van der Waals surface area contributed by atoms with Crippen LogP contribution in [0.15, 0.2) is 46.9 Å². The zero-order chi connectivity index (χ0) is 12.3. The molecule has 0 aromatic heterocycles. The Balaban J connectivity index is 2.04. The smallest absolute Gasteiger partial charge is 0.147 e. The molecule has 2 aromatic rings. The molecule has 0 aliphatic heterocycles. The van der Waals surface area contributed by atoms with Gasteiger partial charge in [0.05, 0.1) is 5.69 Å².